The van der Waals surface area contributed by atoms with Crippen molar-refractivity contribution in [1.29, 1.82) is 0 Å². The smallest absolute Gasteiger partial charge is 0.257 e. The number of amides is 2. The number of ketones is 1. The zero-order valence-electron chi connectivity index (χ0n) is 16.2. The van der Waals surface area contributed by atoms with Crippen LogP contribution in [0.15, 0.2) is 30.3 Å². The molecule has 0 radical (unpaired) electrons. The van der Waals surface area contributed by atoms with Crippen LogP contribution in [-0.2, 0) is 9.59 Å². The molecular formula is C23H28N2O3. The first kappa shape index (κ1) is 18.0. The third-order valence-corrected chi connectivity index (χ3v) is 7.83. The molecule has 1 aromatic rings. The number of likely N-dealkylation sites (tertiary alicyclic amines) is 1. The van der Waals surface area contributed by atoms with Crippen LogP contribution < -0.4 is 5.32 Å². The van der Waals surface area contributed by atoms with Gasteiger partial charge in [-0.1, -0.05) is 18.2 Å². The van der Waals surface area contributed by atoms with E-state index in [2.05, 4.69) is 5.32 Å². The lowest BCUT2D eigenvalue weighted by atomic mass is 9.72. The number of Topliss-reactive ketones (excluding diaryl/α,β-unsaturated/α-hetero) is 1. The van der Waals surface area contributed by atoms with Crippen molar-refractivity contribution in [2.24, 2.45) is 23.2 Å². The Morgan fingerprint density at radius 2 is 1.75 bits per heavy atom. The quantitative estimate of drug-likeness (QED) is 0.798. The molecule has 5 fully saturated rings. The molecule has 4 bridgehead atoms. The summed E-state index contributed by atoms with van der Waals surface area (Å²) < 4.78 is 0. The molecule has 1 heterocycles. The van der Waals surface area contributed by atoms with Crippen molar-refractivity contribution < 1.29 is 14.4 Å². The molecule has 4 aliphatic carbocycles. The van der Waals surface area contributed by atoms with E-state index >= 15 is 0 Å². The van der Waals surface area contributed by atoms with E-state index in [0.717, 1.165) is 37.6 Å². The maximum atomic E-state index is 13.3. The molecule has 4 saturated carbocycles. The molecule has 6 rings (SSSR count). The molecule has 1 aromatic carbocycles. The lowest BCUT2D eigenvalue weighted by Crippen LogP contribution is -2.49. The number of carbonyl (C=O) groups is 3. The number of benzene rings is 1. The van der Waals surface area contributed by atoms with Gasteiger partial charge in [0.25, 0.3) is 5.91 Å². The first-order valence-corrected chi connectivity index (χ1v) is 10.7. The Hall–Kier alpha value is -2.01. The normalized spacial score (nSPS) is 36.0. The fraction of sp³-hybridized carbons (Fsp3) is 0.609. The number of rotatable bonds is 5. The Bertz CT molecular complexity index is 791. The topological polar surface area (TPSA) is 66.5 Å². The maximum absolute atomic E-state index is 13.3. The second-order valence-electron chi connectivity index (χ2n) is 9.44. The Labute approximate surface area is 165 Å². The van der Waals surface area contributed by atoms with Gasteiger partial charge in [0, 0.05) is 11.0 Å². The minimum atomic E-state index is -0.371. The molecule has 1 saturated heterocycles. The van der Waals surface area contributed by atoms with E-state index in [4.69, 9.17) is 0 Å². The monoisotopic (exact) mass is 380 g/mol. The lowest BCUT2D eigenvalue weighted by molar-refractivity contribution is -0.133. The van der Waals surface area contributed by atoms with Crippen molar-refractivity contribution in [1.82, 2.24) is 10.2 Å². The van der Waals surface area contributed by atoms with Gasteiger partial charge in [0.05, 0.1) is 12.6 Å². The third-order valence-electron chi connectivity index (χ3n) is 7.83. The van der Waals surface area contributed by atoms with E-state index < -0.39 is 0 Å². The summed E-state index contributed by atoms with van der Waals surface area (Å²) in [4.78, 5) is 40.4. The van der Waals surface area contributed by atoms with Gasteiger partial charge in [-0.3, -0.25) is 24.6 Å². The zero-order chi connectivity index (χ0) is 19.3. The van der Waals surface area contributed by atoms with E-state index in [9.17, 15) is 14.4 Å². The molecule has 1 N–H and O–H groups in total. The van der Waals surface area contributed by atoms with Gasteiger partial charge in [0.15, 0.2) is 5.78 Å². The molecule has 1 aliphatic heterocycles. The van der Waals surface area contributed by atoms with Crippen LogP contribution >= 0.6 is 0 Å². The fourth-order valence-corrected chi connectivity index (χ4v) is 6.76. The molecule has 5 aliphatic rings. The predicted molar refractivity (Wildman–Crippen MR) is 105 cm³/mol. The van der Waals surface area contributed by atoms with E-state index in [1.54, 1.807) is 24.3 Å². The summed E-state index contributed by atoms with van der Waals surface area (Å²) in [5.41, 5.74) is 0.381. The number of hydrogen-bond donors (Lipinski definition) is 1. The summed E-state index contributed by atoms with van der Waals surface area (Å²) >= 11 is 0. The molecule has 0 spiro atoms. The van der Waals surface area contributed by atoms with Gasteiger partial charge in [-0.05, 0) is 81.4 Å². The van der Waals surface area contributed by atoms with Crippen molar-refractivity contribution in [3.8, 4) is 0 Å². The molecule has 0 aromatic heterocycles. The second-order valence-corrected chi connectivity index (χ2v) is 9.44. The summed E-state index contributed by atoms with van der Waals surface area (Å²) in [5, 5.41) is 2.54. The molecule has 5 heteroatoms. The van der Waals surface area contributed by atoms with Crippen LogP contribution in [0.3, 0.4) is 0 Å². The highest BCUT2D eigenvalue weighted by Crippen LogP contribution is 2.65. The highest BCUT2D eigenvalue weighted by Gasteiger charge is 2.61. The number of imide groups is 1. The summed E-state index contributed by atoms with van der Waals surface area (Å²) in [6, 6.07) is 8.43. The minimum absolute atomic E-state index is 0.100. The summed E-state index contributed by atoms with van der Waals surface area (Å²) in [7, 11) is 0. The van der Waals surface area contributed by atoms with Gasteiger partial charge in [-0.15, -0.1) is 0 Å². The minimum Gasteiger partial charge on any atom is -0.298 e. The zero-order valence-corrected chi connectivity index (χ0v) is 16.2. The SMILES string of the molecule is O=C(NC(=O)[C@@H]1CCCN1CC(=O)C12CC3CC(CC1C3)C2)c1ccccc1. The van der Waals surface area contributed by atoms with E-state index in [-0.39, 0.29) is 23.3 Å². The van der Waals surface area contributed by atoms with Crippen LogP contribution in [0, 0.1) is 23.2 Å². The Morgan fingerprint density at radius 3 is 2.46 bits per heavy atom. The summed E-state index contributed by atoms with van der Waals surface area (Å²) in [6.45, 7) is 1.13. The van der Waals surface area contributed by atoms with Crippen molar-refractivity contribution in [3.63, 3.8) is 0 Å². The highest BCUT2D eigenvalue weighted by molar-refractivity contribution is 6.06. The summed E-state index contributed by atoms with van der Waals surface area (Å²) in [6.07, 6.45) is 7.54. The molecule has 2 amide bonds. The van der Waals surface area contributed by atoms with Crippen LogP contribution in [0.25, 0.3) is 0 Å². The molecule has 2 unspecified atom stereocenters. The predicted octanol–water partition coefficient (Wildman–Crippen LogP) is 2.80. The molecule has 3 atom stereocenters. The largest absolute Gasteiger partial charge is 0.298 e. The van der Waals surface area contributed by atoms with E-state index in [1.165, 1.54) is 19.3 Å². The third kappa shape index (κ3) is 2.91. The lowest BCUT2D eigenvalue weighted by Gasteiger charge is -2.34. The van der Waals surface area contributed by atoms with Gasteiger partial charge in [-0.2, -0.15) is 0 Å². The van der Waals surface area contributed by atoms with E-state index in [0.29, 0.717) is 30.2 Å². The highest BCUT2D eigenvalue weighted by atomic mass is 16.2. The van der Waals surface area contributed by atoms with Gasteiger partial charge in [0.2, 0.25) is 5.91 Å². The second kappa shape index (κ2) is 6.80. The number of nitrogens with one attached hydrogen (secondary N) is 1. The van der Waals surface area contributed by atoms with Gasteiger partial charge in [-0.25, -0.2) is 0 Å². The van der Waals surface area contributed by atoms with Crippen molar-refractivity contribution in [2.45, 2.75) is 51.0 Å². The Kier molecular flexibility index (Phi) is 4.38. The standard InChI is InChI=1S/C23H28N2O3/c26-20(23-12-15-9-16(13-23)11-18(23)10-15)14-25-8-4-7-19(25)22(28)24-21(27)17-5-2-1-3-6-17/h1-3,5-6,15-16,18-19H,4,7-14H2,(H,24,27,28)/t15?,16?,18?,19-,23?/m0/s1. The average molecular weight is 380 g/mol. The Morgan fingerprint density at radius 1 is 1.04 bits per heavy atom. The maximum Gasteiger partial charge on any atom is 0.257 e. The first-order chi connectivity index (χ1) is 13.5. The van der Waals surface area contributed by atoms with Crippen LogP contribution in [0.4, 0.5) is 0 Å². The Balaban J connectivity index is 1.24. The number of hydrogen-bond acceptors (Lipinski definition) is 4. The van der Waals surface area contributed by atoms with E-state index in [1.807, 2.05) is 11.0 Å². The van der Waals surface area contributed by atoms with Crippen molar-refractivity contribution in [2.75, 3.05) is 13.1 Å². The number of carbonyl (C=O) groups excluding carboxylic acids is 3. The fourth-order valence-electron chi connectivity index (χ4n) is 6.76. The molecule has 148 valence electrons. The van der Waals surface area contributed by atoms with Gasteiger partial charge >= 0.3 is 0 Å². The molecule has 5 nitrogen and oxygen atoms in total. The van der Waals surface area contributed by atoms with Crippen LogP contribution in [0.5, 0.6) is 0 Å². The average Bonchev–Trinajstić information content (AvgIpc) is 3.32. The molecule has 28 heavy (non-hydrogen) atoms. The van der Waals surface area contributed by atoms with Crippen molar-refractivity contribution >= 4 is 17.6 Å². The van der Waals surface area contributed by atoms with Crippen molar-refractivity contribution in [3.05, 3.63) is 35.9 Å². The van der Waals surface area contributed by atoms with Crippen LogP contribution in [0.2, 0.25) is 0 Å². The van der Waals surface area contributed by atoms with Crippen LogP contribution in [0.1, 0.15) is 55.3 Å². The first-order valence-electron chi connectivity index (χ1n) is 10.7. The summed E-state index contributed by atoms with van der Waals surface area (Å²) in [5.74, 6) is 1.81. The van der Waals surface area contributed by atoms with Gasteiger partial charge < -0.3 is 0 Å². The molecular weight excluding hydrogens is 352 g/mol. The van der Waals surface area contributed by atoms with Gasteiger partial charge in [0.1, 0.15) is 0 Å². The van der Waals surface area contributed by atoms with Crippen LogP contribution in [-0.4, -0.2) is 41.6 Å². The number of nitrogens with zero attached hydrogens (tertiary/aromatic N) is 1.